The monoisotopic (exact) mass is 188 g/mol. The summed E-state index contributed by atoms with van der Waals surface area (Å²) >= 11 is 0. The van der Waals surface area contributed by atoms with Crippen LogP contribution in [0.15, 0.2) is 0 Å². The molecule has 0 aromatic rings. The van der Waals surface area contributed by atoms with E-state index in [-0.39, 0.29) is 57.8 Å². The number of hydrogen-bond acceptors (Lipinski definition) is 2. The molecule has 0 aromatic heterocycles. The third-order valence-corrected chi connectivity index (χ3v) is 1.68. The Bertz CT molecular complexity index is 105. The zero-order valence-corrected chi connectivity index (χ0v) is 10.5. The van der Waals surface area contributed by atoms with E-state index in [2.05, 4.69) is 8.93 Å². The Balaban J connectivity index is 0. The Labute approximate surface area is 101 Å². The molecule has 46 valence electrons. The molecule has 0 aliphatic heterocycles. The third-order valence-electron chi connectivity index (χ3n) is 0.583. The fraction of sp³-hybridized carbons (Fsp3) is 0.500. The van der Waals surface area contributed by atoms with Gasteiger partial charge in [0, 0.05) is 5.97 Å². The van der Waals surface area contributed by atoms with Crippen molar-refractivity contribution in [2.24, 2.45) is 0 Å². The predicted molar refractivity (Wildman–Crippen MR) is 36.9 cm³/mol. The van der Waals surface area contributed by atoms with Crippen molar-refractivity contribution in [3.8, 4) is 0 Å². The van der Waals surface area contributed by atoms with Crippen molar-refractivity contribution in [1.82, 2.24) is 0 Å². The Morgan fingerprint density at radius 1 is 1.78 bits per heavy atom. The minimum Gasteiger partial charge on any atom is -0.550 e. The largest absolute Gasteiger partial charge is 1.00 e. The van der Waals surface area contributed by atoms with Crippen molar-refractivity contribution in [2.75, 3.05) is 0 Å². The van der Waals surface area contributed by atoms with E-state index >= 15 is 0 Å². The minimum absolute atomic E-state index is 0. The molecule has 2 nitrogen and oxygen atoms in total. The number of hydrogen-bond donors (Lipinski definition) is 0. The Kier molecular flexibility index (Phi) is 14.4. The van der Waals surface area contributed by atoms with Gasteiger partial charge < -0.3 is 9.90 Å². The summed E-state index contributed by atoms with van der Waals surface area (Å²) < 4.78 is 0. The molecule has 0 aromatic carbocycles. The molecule has 0 radical (unpaired) electrons. The molecule has 0 spiro atoms. The van der Waals surface area contributed by atoms with Crippen molar-refractivity contribution in [1.29, 1.82) is 0 Å². The van der Waals surface area contributed by atoms with Gasteiger partial charge in [0.15, 0.2) is 0 Å². The first-order chi connectivity index (χ1) is 3.77. The van der Waals surface area contributed by atoms with Crippen LogP contribution in [0.25, 0.3) is 0 Å². The second kappa shape index (κ2) is 9.71. The minimum atomic E-state index is -0.977. The number of aliphatic carboxylic acids is 1. The maximum atomic E-state index is 9.73. The van der Waals surface area contributed by atoms with Crippen LogP contribution in [0.1, 0.15) is 12.8 Å². The Hall–Kier alpha value is 1.71. The average Bonchev–Trinajstić information content (AvgIpc) is 1.66. The molecule has 0 aliphatic carbocycles. The topological polar surface area (TPSA) is 40.1 Å². The van der Waals surface area contributed by atoms with Crippen LogP contribution in [-0.4, -0.2) is 11.8 Å². The molecule has 0 rings (SSSR count). The fourth-order valence-electron chi connectivity index (χ4n) is 0.257. The quantitative estimate of drug-likeness (QED) is 0.351. The molecule has 0 amide bonds. The van der Waals surface area contributed by atoms with Gasteiger partial charge in [0.25, 0.3) is 0 Å². The van der Waals surface area contributed by atoms with Gasteiger partial charge >= 0.3 is 51.4 Å². The maximum absolute atomic E-state index is 9.73. The molecule has 0 aliphatic rings. The first-order valence-electron chi connectivity index (χ1n) is 2.19. The number of carboxylic acid groups (broad SMARTS) is 1. The second-order valence-electron chi connectivity index (χ2n) is 1.24. The summed E-state index contributed by atoms with van der Waals surface area (Å²) in [4.78, 5) is 9.73. The van der Waals surface area contributed by atoms with E-state index in [0.717, 1.165) is 7.89 Å². The van der Waals surface area contributed by atoms with Crippen molar-refractivity contribution in [3.63, 3.8) is 0 Å². The van der Waals surface area contributed by atoms with E-state index < -0.39 is 5.97 Å². The molecule has 0 saturated carbocycles. The van der Waals surface area contributed by atoms with Gasteiger partial charge in [-0.3, -0.25) is 0 Å². The first kappa shape index (κ1) is 13.3. The molecule has 9 heavy (non-hydrogen) atoms. The number of rotatable bonds is 3. The first-order valence-corrected chi connectivity index (χ1v) is 4.77. The number of carbonyl (C=O) groups is 1. The number of carbonyl (C=O) groups excluding carboxylic acids is 1. The van der Waals surface area contributed by atoms with Gasteiger partial charge in [-0.15, -0.1) is 0 Å². The van der Waals surface area contributed by atoms with E-state index in [0.29, 0.717) is 6.42 Å². The molecule has 0 saturated heterocycles. The molecule has 5 heteroatoms. The summed E-state index contributed by atoms with van der Waals surface area (Å²) in [6.45, 7) is 0. The Morgan fingerprint density at radius 2 is 2.33 bits per heavy atom. The van der Waals surface area contributed by atoms with Crippen molar-refractivity contribution >= 4 is 28.6 Å². The van der Waals surface area contributed by atoms with Crippen LogP contribution in [0, 0.1) is 0 Å². The fourth-order valence-corrected chi connectivity index (χ4v) is 0.982. The summed E-state index contributed by atoms with van der Waals surface area (Å²) in [7, 11) is 3.52. The van der Waals surface area contributed by atoms with Crippen LogP contribution in [0.4, 0.5) is 0 Å². The van der Waals surface area contributed by atoms with Gasteiger partial charge in [-0.2, -0.15) is 0 Å². The zero-order valence-electron chi connectivity index (χ0n) is 5.33. The van der Waals surface area contributed by atoms with Crippen LogP contribution in [0.3, 0.4) is 0 Å². The standard InChI is InChI=1S/C4H8O2P2.K/c5-4(6)2-1-3-8-7;/h3H,1-2,7H2,(H,5,6);/q;+1/p-1. The molecular formula is C4H7KO2P2. The smallest absolute Gasteiger partial charge is 0.550 e. The summed E-state index contributed by atoms with van der Waals surface area (Å²) in [5.74, 6) is 0.885. The van der Waals surface area contributed by atoms with Crippen molar-refractivity contribution in [2.45, 2.75) is 12.8 Å². The Morgan fingerprint density at radius 3 is 2.67 bits per heavy atom. The molecule has 0 N–H and O–H groups in total. The van der Waals surface area contributed by atoms with Crippen LogP contribution >= 0.6 is 16.8 Å². The van der Waals surface area contributed by atoms with Gasteiger partial charge in [0.05, 0.1) is 0 Å². The van der Waals surface area contributed by atoms with Crippen LogP contribution in [0.5, 0.6) is 0 Å². The SMILES string of the molecule is O=C([O-])CCC=PP.[K+]. The average molecular weight is 188 g/mol. The zero-order chi connectivity index (χ0) is 6.41. The van der Waals surface area contributed by atoms with E-state index in [1.165, 1.54) is 0 Å². The molecular weight excluding hydrogens is 181 g/mol. The van der Waals surface area contributed by atoms with E-state index in [1.54, 1.807) is 0 Å². The summed E-state index contributed by atoms with van der Waals surface area (Å²) in [6, 6.07) is 0. The van der Waals surface area contributed by atoms with Crippen molar-refractivity contribution in [3.05, 3.63) is 0 Å². The van der Waals surface area contributed by atoms with Gasteiger partial charge in [0.2, 0.25) is 0 Å². The third kappa shape index (κ3) is 12.8. The van der Waals surface area contributed by atoms with E-state index in [9.17, 15) is 9.90 Å². The van der Waals surface area contributed by atoms with Gasteiger partial charge in [-0.25, -0.2) is 0 Å². The van der Waals surface area contributed by atoms with Gasteiger partial charge in [-0.05, 0) is 12.8 Å². The van der Waals surface area contributed by atoms with Crippen LogP contribution < -0.4 is 56.5 Å². The molecule has 0 heterocycles. The second-order valence-corrected chi connectivity index (χ2v) is 2.80. The van der Waals surface area contributed by atoms with E-state index in [4.69, 9.17) is 0 Å². The van der Waals surface area contributed by atoms with Gasteiger partial charge in [0.1, 0.15) is 0 Å². The molecule has 1 unspecified atom stereocenters. The summed E-state index contributed by atoms with van der Waals surface area (Å²) in [6.07, 6.45) is 0.745. The van der Waals surface area contributed by atoms with Crippen LogP contribution in [-0.2, 0) is 4.79 Å². The maximum Gasteiger partial charge on any atom is 1.00 e. The predicted octanol–water partition coefficient (Wildman–Crippen LogP) is -2.94. The van der Waals surface area contributed by atoms with Gasteiger partial charge in [-0.1, -0.05) is 22.6 Å². The summed E-state index contributed by atoms with van der Waals surface area (Å²) in [5, 5.41) is 9.73. The molecule has 1 atom stereocenters. The molecule has 0 bridgehead atoms. The molecule has 0 fully saturated rings. The number of carboxylic acids is 1. The normalized spacial score (nSPS) is 9.00. The summed E-state index contributed by atoms with van der Waals surface area (Å²) in [5.41, 5.74) is 0. The van der Waals surface area contributed by atoms with Crippen molar-refractivity contribution < 1.29 is 61.3 Å². The van der Waals surface area contributed by atoms with E-state index in [1.807, 2.05) is 5.80 Å². The van der Waals surface area contributed by atoms with Crippen LogP contribution in [0.2, 0.25) is 0 Å².